The lowest BCUT2D eigenvalue weighted by Crippen LogP contribution is -2.34. The lowest BCUT2D eigenvalue weighted by Gasteiger charge is -2.26. The van der Waals surface area contributed by atoms with Crippen molar-refractivity contribution in [2.24, 2.45) is 5.92 Å². The Hall–Kier alpha value is -2.41. The summed E-state index contributed by atoms with van der Waals surface area (Å²) in [5, 5.41) is 8.52. The van der Waals surface area contributed by atoms with Gasteiger partial charge in [-0.15, -0.1) is 11.3 Å². The van der Waals surface area contributed by atoms with Crippen LogP contribution in [-0.2, 0) is 16.0 Å². The quantitative estimate of drug-likeness (QED) is 0.655. The first kappa shape index (κ1) is 20.3. The third-order valence-corrected chi connectivity index (χ3v) is 5.55. The minimum absolute atomic E-state index is 0.0211. The van der Waals surface area contributed by atoms with Gasteiger partial charge in [-0.05, 0) is 42.7 Å². The Balaban J connectivity index is 1.46. The molecule has 7 heteroatoms. The number of anilines is 1. The van der Waals surface area contributed by atoms with Crippen molar-refractivity contribution in [1.82, 2.24) is 10.3 Å². The van der Waals surface area contributed by atoms with Crippen LogP contribution in [-0.4, -0.2) is 30.0 Å². The molecular formula is C21H27N3O3S. The van der Waals surface area contributed by atoms with Gasteiger partial charge in [-0.1, -0.05) is 38.1 Å². The summed E-state index contributed by atoms with van der Waals surface area (Å²) in [7, 11) is 0. The number of benzene rings is 1. The SMILES string of the molecule is CC(C)CCNc1nc(C(=O)OCC(=O)N[C@H]2CCCc3ccccc32)cs1. The van der Waals surface area contributed by atoms with Crippen LogP contribution < -0.4 is 10.6 Å². The van der Waals surface area contributed by atoms with E-state index in [1.807, 2.05) is 12.1 Å². The second-order valence-electron chi connectivity index (χ2n) is 7.43. The first-order valence-electron chi connectivity index (χ1n) is 9.76. The number of aromatic nitrogens is 1. The number of nitrogens with one attached hydrogen (secondary N) is 2. The number of hydrogen-bond acceptors (Lipinski definition) is 6. The Morgan fingerprint density at radius 3 is 2.96 bits per heavy atom. The molecule has 0 bridgehead atoms. The number of hydrogen-bond donors (Lipinski definition) is 2. The molecule has 6 nitrogen and oxygen atoms in total. The summed E-state index contributed by atoms with van der Waals surface area (Å²) in [6, 6.07) is 8.13. The number of fused-ring (bicyclic) bond motifs is 1. The third kappa shape index (κ3) is 5.55. The van der Waals surface area contributed by atoms with E-state index >= 15 is 0 Å². The molecule has 0 radical (unpaired) electrons. The van der Waals surface area contributed by atoms with Gasteiger partial charge in [0.25, 0.3) is 5.91 Å². The molecule has 0 saturated heterocycles. The molecule has 1 aliphatic rings. The Kier molecular flexibility index (Phi) is 7.03. The highest BCUT2D eigenvalue weighted by molar-refractivity contribution is 7.13. The molecule has 1 aliphatic carbocycles. The number of nitrogens with zero attached hydrogens (tertiary/aromatic N) is 1. The Bertz CT molecular complexity index is 819. The summed E-state index contributed by atoms with van der Waals surface area (Å²) in [6.45, 7) is 4.82. The number of esters is 1. The Morgan fingerprint density at radius 2 is 2.14 bits per heavy atom. The standard InChI is InChI=1S/C21H27N3O3S/c1-14(2)10-11-22-21-24-18(13-28-21)20(26)27-12-19(25)23-17-9-5-7-15-6-3-4-8-16(15)17/h3-4,6,8,13-14,17H,5,7,9-12H2,1-2H3,(H,22,24)(H,23,25)/t17-/m0/s1. The zero-order valence-electron chi connectivity index (χ0n) is 16.4. The van der Waals surface area contributed by atoms with Gasteiger partial charge >= 0.3 is 5.97 Å². The van der Waals surface area contributed by atoms with E-state index in [-0.39, 0.29) is 24.2 Å². The lowest BCUT2D eigenvalue weighted by atomic mass is 9.88. The predicted octanol–water partition coefficient (Wildman–Crippen LogP) is 3.95. The molecule has 1 heterocycles. The van der Waals surface area contributed by atoms with Gasteiger partial charge in [0, 0.05) is 11.9 Å². The van der Waals surface area contributed by atoms with E-state index < -0.39 is 5.97 Å². The number of thiazole rings is 1. The molecule has 2 N–H and O–H groups in total. The van der Waals surface area contributed by atoms with Crippen molar-refractivity contribution < 1.29 is 14.3 Å². The number of ether oxygens (including phenoxy) is 1. The highest BCUT2D eigenvalue weighted by Crippen LogP contribution is 2.29. The predicted molar refractivity (Wildman–Crippen MR) is 111 cm³/mol. The molecule has 0 saturated carbocycles. The van der Waals surface area contributed by atoms with Gasteiger partial charge in [0.1, 0.15) is 0 Å². The monoisotopic (exact) mass is 401 g/mol. The first-order valence-corrected chi connectivity index (χ1v) is 10.6. The second kappa shape index (κ2) is 9.68. The van der Waals surface area contributed by atoms with Crippen LogP contribution in [0.15, 0.2) is 29.6 Å². The van der Waals surface area contributed by atoms with E-state index in [1.165, 1.54) is 16.9 Å². The van der Waals surface area contributed by atoms with Crippen LogP contribution in [0.3, 0.4) is 0 Å². The fraction of sp³-hybridized carbons (Fsp3) is 0.476. The molecule has 0 unspecified atom stereocenters. The van der Waals surface area contributed by atoms with Crippen LogP contribution in [0.2, 0.25) is 0 Å². The third-order valence-electron chi connectivity index (χ3n) is 4.75. The molecule has 150 valence electrons. The van der Waals surface area contributed by atoms with Crippen LogP contribution in [0.4, 0.5) is 5.13 Å². The van der Waals surface area contributed by atoms with Gasteiger partial charge in [0.15, 0.2) is 17.4 Å². The minimum atomic E-state index is -0.577. The van der Waals surface area contributed by atoms with Crippen LogP contribution >= 0.6 is 11.3 Å². The van der Waals surface area contributed by atoms with E-state index in [4.69, 9.17) is 4.74 Å². The molecule has 0 aliphatic heterocycles. The van der Waals surface area contributed by atoms with Crippen molar-refractivity contribution in [2.75, 3.05) is 18.5 Å². The number of aryl methyl sites for hydroxylation is 1. The number of rotatable bonds is 8. The van der Waals surface area contributed by atoms with Crippen molar-refractivity contribution >= 4 is 28.3 Å². The van der Waals surface area contributed by atoms with Crippen molar-refractivity contribution in [3.05, 3.63) is 46.5 Å². The molecule has 28 heavy (non-hydrogen) atoms. The number of carbonyl (C=O) groups excluding carboxylic acids is 2. The molecule has 0 fully saturated rings. The first-order chi connectivity index (χ1) is 13.5. The van der Waals surface area contributed by atoms with Crippen molar-refractivity contribution in [3.8, 4) is 0 Å². The summed E-state index contributed by atoms with van der Waals surface area (Å²) in [5.41, 5.74) is 2.66. The normalized spacial score (nSPS) is 15.8. The maximum Gasteiger partial charge on any atom is 0.358 e. The Labute approximate surface area is 169 Å². The van der Waals surface area contributed by atoms with Gasteiger partial charge < -0.3 is 15.4 Å². The average Bonchev–Trinajstić information content (AvgIpc) is 3.15. The lowest BCUT2D eigenvalue weighted by molar-refractivity contribution is -0.125. The van der Waals surface area contributed by atoms with Gasteiger partial charge in [0.05, 0.1) is 6.04 Å². The van der Waals surface area contributed by atoms with Crippen molar-refractivity contribution in [1.29, 1.82) is 0 Å². The zero-order valence-corrected chi connectivity index (χ0v) is 17.2. The van der Waals surface area contributed by atoms with Gasteiger partial charge in [-0.3, -0.25) is 4.79 Å². The van der Waals surface area contributed by atoms with E-state index in [0.717, 1.165) is 37.8 Å². The van der Waals surface area contributed by atoms with Crippen molar-refractivity contribution in [3.63, 3.8) is 0 Å². The van der Waals surface area contributed by atoms with Crippen LogP contribution in [0, 0.1) is 5.92 Å². The summed E-state index contributed by atoms with van der Waals surface area (Å²) >= 11 is 1.36. The maximum atomic E-state index is 12.2. The molecular weight excluding hydrogens is 374 g/mol. The Morgan fingerprint density at radius 1 is 1.32 bits per heavy atom. The smallest absolute Gasteiger partial charge is 0.358 e. The second-order valence-corrected chi connectivity index (χ2v) is 8.29. The molecule has 1 aromatic carbocycles. The van der Waals surface area contributed by atoms with E-state index in [1.54, 1.807) is 5.38 Å². The summed E-state index contributed by atoms with van der Waals surface area (Å²) in [4.78, 5) is 28.6. The summed E-state index contributed by atoms with van der Waals surface area (Å²) < 4.78 is 5.14. The molecule has 2 aromatic rings. The number of carbonyl (C=O) groups is 2. The van der Waals surface area contributed by atoms with Crippen LogP contribution in [0.1, 0.15) is 60.8 Å². The van der Waals surface area contributed by atoms with Gasteiger partial charge in [0.2, 0.25) is 0 Å². The molecule has 0 spiro atoms. The van der Waals surface area contributed by atoms with E-state index in [0.29, 0.717) is 11.0 Å². The topological polar surface area (TPSA) is 80.3 Å². The molecule has 1 amide bonds. The zero-order chi connectivity index (χ0) is 19.9. The van der Waals surface area contributed by atoms with E-state index in [9.17, 15) is 9.59 Å². The van der Waals surface area contributed by atoms with Crippen molar-refractivity contribution in [2.45, 2.75) is 45.6 Å². The molecule has 1 atom stereocenters. The summed E-state index contributed by atoms with van der Waals surface area (Å²) in [6.07, 6.45) is 4.00. The molecule has 3 rings (SSSR count). The molecule has 1 aromatic heterocycles. The number of amides is 1. The maximum absolute atomic E-state index is 12.2. The van der Waals surface area contributed by atoms with Gasteiger partial charge in [-0.2, -0.15) is 0 Å². The largest absolute Gasteiger partial charge is 0.451 e. The fourth-order valence-electron chi connectivity index (χ4n) is 3.26. The van der Waals surface area contributed by atoms with Crippen LogP contribution in [0.5, 0.6) is 0 Å². The van der Waals surface area contributed by atoms with Crippen LogP contribution in [0.25, 0.3) is 0 Å². The summed E-state index contributed by atoms with van der Waals surface area (Å²) in [5.74, 6) is -0.264. The van der Waals surface area contributed by atoms with Gasteiger partial charge in [-0.25, -0.2) is 9.78 Å². The highest BCUT2D eigenvalue weighted by Gasteiger charge is 2.22. The minimum Gasteiger partial charge on any atom is -0.451 e. The average molecular weight is 402 g/mol. The fourth-order valence-corrected chi connectivity index (χ4v) is 3.97. The highest BCUT2D eigenvalue weighted by atomic mass is 32.1. The van der Waals surface area contributed by atoms with E-state index in [2.05, 4.69) is 41.6 Å².